The molecule has 2 aromatic rings. The van der Waals surface area contributed by atoms with Crippen molar-refractivity contribution in [3.8, 4) is 0 Å². The number of nitrogens with one attached hydrogen (secondary N) is 1. The van der Waals surface area contributed by atoms with E-state index >= 15 is 0 Å². The largest absolute Gasteiger partial charge is 0.345 e. The van der Waals surface area contributed by atoms with Gasteiger partial charge in [-0.15, -0.1) is 0 Å². The molecule has 0 aliphatic carbocycles. The molecule has 0 saturated heterocycles. The number of rotatable bonds is 5. The highest BCUT2D eigenvalue weighted by atomic mass is 16.5. The van der Waals surface area contributed by atoms with Gasteiger partial charge in [0.1, 0.15) is 5.69 Å². The van der Waals surface area contributed by atoms with Gasteiger partial charge in [0.25, 0.3) is 5.91 Å². The van der Waals surface area contributed by atoms with Crippen LogP contribution >= 0.6 is 0 Å². The molecule has 2 heterocycles. The predicted molar refractivity (Wildman–Crippen MR) is 128 cm³/mol. The SMILES string of the molecule is Cc1nc(CNC(=O)c2nc(C)c(/C=[N+](\O)C(C)(C)C)nc2C)c(C)nc1/C=[N+](\O)C(C)(C)C. The Bertz CT molecular complexity index is 1160. The summed E-state index contributed by atoms with van der Waals surface area (Å²) in [6.07, 6.45) is 3.05. The molecule has 34 heavy (non-hydrogen) atoms. The quantitative estimate of drug-likeness (QED) is 0.265. The number of hydrogen-bond donors (Lipinski definition) is 3. The summed E-state index contributed by atoms with van der Waals surface area (Å²) in [5, 5.41) is 23.2. The molecule has 0 saturated carbocycles. The van der Waals surface area contributed by atoms with Gasteiger partial charge in [-0.2, -0.15) is 0 Å². The van der Waals surface area contributed by atoms with E-state index in [1.165, 1.54) is 6.21 Å². The van der Waals surface area contributed by atoms with Gasteiger partial charge in [-0.25, -0.2) is 15.0 Å². The Kier molecular flexibility index (Phi) is 7.75. The number of aryl methyl sites for hydroxylation is 4. The normalized spacial score (nSPS) is 13.2. The van der Waals surface area contributed by atoms with Crippen molar-refractivity contribution in [1.29, 1.82) is 0 Å². The van der Waals surface area contributed by atoms with Gasteiger partial charge >= 0.3 is 0 Å². The monoisotopic (exact) mass is 471 g/mol. The van der Waals surface area contributed by atoms with Crippen molar-refractivity contribution in [2.24, 2.45) is 0 Å². The van der Waals surface area contributed by atoms with Gasteiger partial charge in [0.2, 0.25) is 23.5 Å². The number of nitrogens with zero attached hydrogens (tertiary/aromatic N) is 6. The molecule has 10 nitrogen and oxygen atoms in total. The van der Waals surface area contributed by atoms with Crippen molar-refractivity contribution in [2.75, 3.05) is 0 Å². The summed E-state index contributed by atoms with van der Waals surface area (Å²) in [6, 6.07) is 0. The van der Waals surface area contributed by atoms with Crippen LogP contribution in [0.4, 0.5) is 0 Å². The maximum Gasteiger partial charge on any atom is 0.272 e. The van der Waals surface area contributed by atoms with E-state index in [0.717, 1.165) is 9.48 Å². The number of amides is 1. The van der Waals surface area contributed by atoms with Gasteiger partial charge in [0.15, 0.2) is 11.4 Å². The van der Waals surface area contributed by atoms with E-state index in [1.54, 1.807) is 33.9 Å². The van der Waals surface area contributed by atoms with E-state index < -0.39 is 11.1 Å². The molecule has 0 unspecified atom stereocenters. The highest BCUT2D eigenvalue weighted by Gasteiger charge is 2.26. The number of hydrogen-bond acceptors (Lipinski definition) is 7. The Morgan fingerprint density at radius 1 is 0.765 bits per heavy atom. The van der Waals surface area contributed by atoms with Crippen LogP contribution < -0.4 is 5.32 Å². The van der Waals surface area contributed by atoms with Crippen LogP contribution in [0.5, 0.6) is 0 Å². The first kappa shape index (κ1) is 26.8. The van der Waals surface area contributed by atoms with Gasteiger partial charge in [-0.05, 0) is 37.2 Å². The molecule has 2 rings (SSSR count). The van der Waals surface area contributed by atoms with Crippen molar-refractivity contribution in [3.05, 3.63) is 45.6 Å². The van der Waals surface area contributed by atoms with Crippen molar-refractivity contribution in [3.63, 3.8) is 0 Å². The predicted octanol–water partition coefficient (Wildman–Crippen LogP) is 2.67. The Hall–Kier alpha value is -3.43. The molecule has 10 heteroatoms. The minimum absolute atomic E-state index is 0.170. The minimum atomic E-state index is -0.495. The summed E-state index contributed by atoms with van der Waals surface area (Å²) in [5.74, 6) is -0.375. The molecule has 0 spiro atoms. The van der Waals surface area contributed by atoms with Gasteiger partial charge in [0.05, 0.1) is 35.0 Å². The lowest BCUT2D eigenvalue weighted by Gasteiger charge is -2.12. The summed E-state index contributed by atoms with van der Waals surface area (Å²) < 4.78 is 2.18. The molecule has 0 bridgehead atoms. The maximum absolute atomic E-state index is 12.8. The fourth-order valence-electron chi connectivity index (χ4n) is 2.78. The minimum Gasteiger partial charge on any atom is -0.345 e. The van der Waals surface area contributed by atoms with E-state index in [2.05, 4.69) is 25.3 Å². The summed E-state index contributed by atoms with van der Waals surface area (Å²) >= 11 is 0. The van der Waals surface area contributed by atoms with Gasteiger partial charge < -0.3 is 5.32 Å². The Morgan fingerprint density at radius 3 is 1.68 bits per heavy atom. The molecule has 3 N–H and O–H groups in total. The summed E-state index contributed by atoms with van der Waals surface area (Å²) in [4.78, 5) is 30.8. The van der Waals surface area contributed by atoms with E-state index in [0.29, 0.717) is 39.9 Å². The first-order valence-corrected chi connectivity index (χ1v) is 11.1. The second kappa shape index (κ2) is 9.82. The van der Waals surface area contributed by atoms with Crippen molar-refractivity contribution in [2.45, 2.75) is 86.9 Å². The number of carbonyl (C=O) groups is 1. The van der Waals surface area contributed by atoms with Crippen LogP contribution in [0.1, 0.15) is 91.9 Å². The van der Waals surface area contributed by atoms with Crippen LogP contribution in [-0.2, 0) is 6.54 Å². The first-order chi connectivity index (χ1) is 15.5. The number of hydroxylamine groups is 2. The molecular weight excluding hydrogens is 434 g/mol. The molecule has 0 atom stereocenters. The average molecular weight is 472 g/mol. The van der Waals surface area contributed by atoms with Crippen molar-refractivity contribution >= 4 is 18.3 Å². The Balaban J connectivity index is 2.23. The van der Waals surface area contributed by atoms with Crippen LogP contribution in [0.3, 0.4) is 0 Å². The zero-order chi connectivity index (χ0) is 26.0. The van der Waals surface area contributed by atoms with Crippen LogP contribution in [0.25, 0.3) is 0 Å². The van der Waals surface area contributed by atoms with E-state index in [9.17, 15) is 15.2 Å². The lowest BCUT2D eigenvalue weighted by molar-refractivity contribution is -0.816. The van der Waals surface area contributed by atoms with E-state index in [-0.39, 0.29) is 18.1 Å². The molecule has 0 radical (unpaired) electrons. The second-order valence-corrected chi connectivity index (χ2v) is 10.3. The Labute approximate surface area is 201 Å². The van der Waals surface area contributed by atoms with Crippen molar-refractivity contribution in [1.82, 2.24) is 25.3 Å². The zero-order valence-electron chi connectivity index (χ0n) is 21.8. The second-order valence-electron chi connectivity index (χ2n) is 10.3. The standard InChI is InChI=1S/C24H36N7O3/c1-14-18(26-15(2)19(27-14)12-30(33)23(5,6)7)11-25-22(32)21-17(4)28-20(16(3)29-21)13-31(34)24(8,9)10/h12-13H,11H2,1-10H3,(H2-,25,27,28,32,33,34)/q+1/p+1. The fourth-order valence-corrected chi connectivity index (χ4v) is 2.78. The van der Waals surface area contributed by atoms with Crippen molar-refractivity contribution < 1.29 is 24.7 Å². The Morgan fingerprint density at radius 2 is 1.21 bits per heavy atom. The number of carbonyl (C=O) groups excluding carboxylic acids is 1. The molecule has 0 aromatic carbocycles. The summed E-state index contributed by atoms with van der Waals surface area (Å²) in [6.45, 7) is 18.4. The molecular formula is C24H37N7O3+2. The molecule has 0 aliphatic heterocycles. The third kappa shape index (κ3) is 6.55. The van der Waals surface area contributed by atoms with Gasteiger partial charge in [-0.1, -0.05) is 0 Å². The van der Waals surface area contributed by atoms with E-state index in [1.807, 2.05) is 41.5 Å². The highest BCUT2D eigenvalue weighted by molar-refractivity contribution is 5.93. The third-order valence-electron chi connectivity index (χ3n) is 5.16. The van der Waals surface area contributed by atoms with Crippen LogP contribution in [0.15, 0.2) is 0 Å². The highest BCUT2D eigenvalue weighted by Crippen LogP contribution is 2.12. The first-order valence-electron chi connectivity index (χ1n) is 11.1. The smallest absolute Gasteiger partial charge is 0.272 e. The fraction of sp³-hybridized carbons (Fsp3) is 0.542. The molecule has 2 aromatic heterocycles. The maximum atomic E-state index is 12.8. The molecule has 184 valence electrons. The number of aromatic nitrogens is 4. The summed E-state index contributed by atoms with van der Waals surface area (Å²) in [5.41, 5.74) is 3.17. The van der Waals surface area contributed by atoms with Crippen LogP contribution in [0.2, 0.25) is 0 Å². The van der Waals surface area contributed by atoms with Gasteiger partial charge in [-0.3, -0.25) is 20.2 Å². The average Bonchev–Trinajstić information content (AvgIpc) is 2.70. The topological polar surface area (TPSA) is 127 Å². The third-order valence-corrected chi connectivity index (χ3v) is 5.16. The van der Waals surface area contributed by atoms with Crippen LogP contribution in [-0.4, -0.2) is 69.2 Å². The van der Waals surface area contributed by atoms with Crippen LogP contribution in [0, 0.1) is 27.7 Å². The lowest BCUT2D eigenvalue weighted by Crippen LogP contribution is -2.32. The molecule has 0 fully saturated rings. The molecule has 1 amide bonds. The molecule has 0 aliphatic rings. The lowest BCUT2D eigenvalue weighted by atomic mass is 10.1. The summed E-state index contributed by atoms with van der Waals surface area (Å²) in [7, 11) is 0. The van der Waals surface area contributed by atoms with E-state index in [4.69, 9.17) is 0 Å². The zero-order valence-corrected chi connectivity index (χ0v) is 21.8. The van der Waals surface area contributed by atoms with Gasteiger partial charge in [0, 0.05) is 41.5 Å².